The summed E-state index contributed by atoms with van der Waals surface area (Å²) in [5, 5.41) is 2.10. The average Bonchev–Trinajstić information content (AvgIpc) is 2.33. The molecule has 62 valence electrons. The van der Waals surface area contributed by atoms with E-state index < -0.39 is 0 Å². The van der Waals surface area contributed by atoms with Crippen LogP contribution in [-0.2, 0) is 0 Å². The van der Waals surface area contributed by atoms with Crippen LogP contribution in [0.2, 0.25) is 0 Å². The molecule has 1 aromatic rings. The van der Waals surface area contributed by atoms with Gasteiger partial charge in [-0.1, -0.05) is 13.8 Å². The van der Waals surface area contributed by atoms with E-state index in [9.17, 15) is 0 Å². The van der Waals surface area contributed by atoms with Gasteiger partial charge in [-0.05, 0) is 40.0 Å². The molecule has 0 unspecified atom stereocenters. The fraction of sp³-hybridized carbons (Fsp3) is 0.500. The van der Waals surface area contributed by atoms with E-state index >= 15 is 0 Å². The third-order valence-electron chi connectivity index (χ3n) is 1.67. The minimum absolute atomic E-state index is 0.210. The van der Waals surface area contributed by atoms with Crippen LogP contribution in [0.5, 0.6) is 0 Å². The van der Waals surface area contributed by atoms with Crippen LogP contribution in [0.15, 0.2) is 11.4 Å². The highest BCUT2D eigenvalue weighted by atomic mass is 127. The average molecular weight is 281 g/mol. The molecule has 3 heteroatoms. The molecule has 0 amide bonds. The first-order chi connectivity index (χ1) is 5.13. The van der Waals surface area contributed by atoms with Crippen LogP contribution in [0.1, 0.15) is 24.8 Å². The molecule has 2 N–H and O–H groups in total. The van der Waals surface area contributed by atoms with Crippen LogP contribution in [0.3, 0.4) is 0 Å². The Morgan fingerprint density at radius 2 is 2.18 bits per heavy atom. The quantitative estimate of drug-likeness (QED) is 0.829. The molecule has 0 fully saturated rings. The summed E-state index contributed by atoms with van der Waals surface area (Å²) >= 11 is 4.09. The van der Waals surface area contributed by atoms with Gasteiger partial charge in [-0.25, -0.2) is 0 Å². The van der Waals surface area contributed by atoms with Crippen molar-refractivity contribution in [2.45, 2.75) is 19.9 Å². The zero-order valence-electron chi connectivity index (χ0n) is 6.67. The van der Waals surface area contributed by atoms with Gasteiger partial charge in [0.05, 0.1) is 0 Å². The van der Waals surface area contributed by atoms with Gasteiger partial charge in [0.25, 0.3) is 0 Å². The van der Waals surface area contributed by atoms with Crippen LogP contribution in [0.25, 0.3) is 0 Å². The number of rotatable bonds is 2. The third kappa shape index (κ3) is 2.16. The summed E-state index contributed by atoms with van der Waals surface area (Å²) in [5.41, 5.74) is 5.99. The van der Waals surface area contributed by atoms with E-state index in [1.54, 1.807) is 11.3 Å². The summed E-state index contributed by atoms with van der Waals surface area (Å²) in [5.74, 6) is 0.530. The fourth-order valence-electron chi connectivity index (χ4n) is 0.846. The Hall–Kier alpha value is 0.390. The molecule has 1 nitrogen and oxygen atoms in total. The zero-order chi connectivity index (χ0) is 8.43. The third-order valence-corrected chi connectivity index (χ3v) is 3.99. The van der Waals surface area contributed by atoms with Crippen molar-refractivity contribution in [2.75, 3.05) is 0 Å². The van der Waals surface area contributed by atoms with Crippen molar-refractivity contribution in [3.63, 3.8) is 0 Å². The van der Waals surface area contributed by atoms with Crippen LogP contribution in [0, 0.1) is 9.49 Å². The van der Waals surface area contributed by atoms with Crippen molar-refractivity contribution in [3.8, 4) is 0 Å². The SMILES string of the molecule is CC(C)[C@@H](N)c1sccc1I. The molecule has 0 radical (unpaired) electrons. The summed E-state index contributed by atoms with van der Waals surface area (Å²) in [6.07, 6.45) is 0. The van der Waals surface area contributed by atoms with E-state index in [-0.39, 0.29) is 6.04 Å². The molecule has 1 aromatic heterocycles. The Morgan fingerprint density at radius 1 is 1.55 bits per heavy atom. The maximum absolute atomic E-state index is 5.99. The first-order valence-corrected chi connectivity index (χ1v) is 5.57. The molecule has 0 aromatic carbocycles. The fourth-order valence-corrected chi connectivity index (χ4v) is 2.97. The highest BCUT2D eigenvalue weighted by Gasteiger charge is 2.14. The maximum atomic E-state index is 5.99. The van der Waals surface area contributed by atoms with Gasteiger partial charge in [0.2, 0.25) is 0 Å². The highest BCUT2D eigenvalue weighted by molar-refractivity contribution is 14.1. The number of halogens is 1. The second kappa shape index (κ2) is 3.87. The lowest BCUT2D eigenvalue weighted by Gasteiger charge is -2.13. The maximum Gasteiger partial charge on any atom is 0.0423 e. The molecule has 0 saturated carbocycles. The van der Waals surface area contributed by atoms with Gasteiger partial charge in [0.1, 0.15) is 0 Å². The van der Waals surface area contributed by atoms with Crippen molar-refractivity contribution in [1.82, 2.24) is 0 Å². The van der Waals surface area contributed by atoms with Crippen LogP contribution < -0.4 is 5.73 Å². The Labute approximate surface area is 85.1 Å². The first-order valence-electron chi connectivity index (χ1n) is 3.61. The second-order valence-electron chi connectivity index (χ2n) is 2.90. The van der Waals surface area contributed by atoms with E-state index in [1.807, 2.05) is 0 Å². The number of nitrogens with two attached hydrogens (primary N) is 1. The lowest BCUT2D eigenvalue weighted by molar-refractivity contribution is 0.520. The second-order valence-corrected chi connectivity index (χ2v) is 5.01. The van der Waals surface area contributed by atoms with E-state index in [1.165, 1.54) is 8.45 Å². The molecular formula is C8H12INS. The smallest absolute Gasteiger partial charge is 0.0423 e. The molecule has 0 spiro atoms. The number of hydrogen-bond acceptors (Lipinski definition) is 2. The van der Waals surface area contributed by atoms with Crippen molar-refractivity contribution < 1.29 is 0 Å². The van der Waals surface area contributed by atoms with Crippen molar-refractivity contribution in [2.24, 2.45) is 11.7 Å². The van der Waals surface area contributed by atoms with E-state index in [0.717, 1.165) is 0 Å². The van der Waals surface area contributed by atoms with Gasteiger partial charge in [-0.3, -0.25) is 0 Å². The van der Waals surface area contributed by atoms with Gasteiger partial charge >= 0.3 is 0 Å². The topological polar surface area (TPSA) is 26.0 Å². The van der Waals surface area contributed by atoms with Crippen LogP contribution in [-0.4, -0.2) is 0 Å². The molecule has 1 rings (SSSR count). The van der Waals surface area contributed by atoms with E-state index in [0.29, 0.717) is 5.92 Å². The summed E-state index contributed by atoms with van der Waals surface area (Å²) in [4.78, 5) is 1.32. The van der Waals surface area contributed by atoms with Crippen LogP contribution in [0.4, 0.5) is 0 Å². The normalized spacial score (nSPS) is 13.9. The van der Waals surface area contributed by atoms with Gasteiger partial charge < -0.3 is 5.73 Å². The predicted molar refractivity (Wildman–Crippen MR) is 58.8 cm³/mol. The van der Waals surface area contributed by atoms with E-state index in [2.05, 4.69) is 47.9 Å². The standard InChI is InChI=1S/C8H12INS/c1-5(2)7(10)8-6(9)3-4-11-8/h3-5,7H,10H2,1-2H3/t7-/m1/s1. The summed E-state index contributed by atoms with van der Waals surface area (Å²) in [6.45, 7) is 4.31. The minimum Gasteiger partial charge on any atom is -0.323 e. The van der Waals surface area contributed by atoms with E-state index in [4.69, 9.17) is 5.73 Å². The molecule has 1 heterocycles. The van der Waals surface area contributed by atoms with Gasteiger partial charge in [-0.15, -0.1) is 11.3 Å². The molecule has 0 aliphatic heterocycles. The van der Waals surface area contributed by atoms with Crippen molar-refractivity contribution >= 4 is 33.9 Å². The van der Waals surface area contributed by atoms with Crippen molar-refractivity contribution in [3.05, 3.63) is 19.9 Å². The molecule has 0 aliphatic rings. The van der Waals surface area contributed by atoms with Gasteiger partial charge in [0, 0.05) is 14.5 Å². The Bertz CT molecular complexity index is 232. The molecule has 0 bridgehead atoms. The highest BCUT2D eigenvalue weighted by Crippen LogP contribution is 2.28. The predicted octanol–water partition coefficient (Wildman–Crippen LogP) is 3.01. The molecule has 0 saturated heterocycles. The van der Waals surface area contributed by atoms with Crippen molar-refractivity contribution in [1.29, 1.82) is 0 Å². The minimum atomic E-state index is 0.210. The number of hydrogen-bond donors (Lipinski definition) is 1. The lowest BCUT2D eigenvalue weighted by Crippen LogP contribution is -2.16. The largest absolute Gasteiger partial charge is 0.323 e. The number of thiophene rings is 1. The monoisotopic (exact) mass is 281 g/mol. The molecule has 11 heavy (non-hydrogen) atoms. The summed E-state index contributed by atoms with van der Waals surface area (Å²) in [6, 6.07) is 2.32. The van der Waals surface area contributed by atoms with Gasteiger partial charge in [0.15, 0.2) is 0 Å². The van der Waals surface area contributed by atoms with Gasteiger partial charge in [-0.2, -0.15) is 0 Å². The zero-order valence-corrected chi connectivity index (χ0v) is 9.65. The molecule has 0 aliphatic carbocycles. The van der Waals surface area contributed by atoms with Crippen LogP contribution >= 0.6 is 33.9 Å². The lowest BCUT2D eigenvalue weighted by atomic mass is 10.0. The Kier molecular flexibility index (Phi) is 3.33. The summed E-state index contributed by atoms with van der Waals surface area (Å²) < 4.78 is 1.30. The Balaban J connectivity index is 2.84. The first kappa shape index (κ1) is 9.48. The Morgan fingerprint density at radius 3 is 2.55 bits per heavy atom. The molecule has 1 atom stereocenters. The molecular weight excluding hydrogens is 269 g/mol. The summed E-state index contributed by atoms with van der Waals surface area (Å²) in [7, 11) is 0.